The number of nitrogens with zero attached hydrogens (tertiary/aromatic N) is 3. The first-order chi connectivity index (χ1) is 18.1. The zero-order chi connectivity index (χ0) is 25.6. The quantitative estimate of drug-likeness (QED) is 0.134. The predicted molar refractivity (Wildman–Crippen MR) is 153 cm³/mol. The van der Waals surface area contributed by atoms with Gasteiger partial charge in [0.2, 0.25) is 0 Å². The molecule has 0 saturated heterocycles. The van der Waals surface area contributed by atoms with Crippen molar-refractivity contribution in [3.05, 3.63) is 119 Å². The first kappa shape index (κ1) is 24.8. The second-order valence-corrected chi connectivity index (χ2v) is 9.87. The molecule has 0 spiro atoms. The van der Waals surface area contributed by atoms with Crippen molar-refractivity contribution in [1.29, 1.82) is 0 Å². The number of thioether (sulfide) groups is 1. The van der Waals surface area contributed by atoms with Crippen LogP contribution in [-0.4, -0.2) is 26.9 Å². The minimum Gasteiger partial charge on any atom is -0.314 e. The van der Waals surface area contributed by atoms with Crippen molar-refractivity contribution in [2.45, 2.75) is 18.6 Å². The standard InChI is InChI=1S/C30H25ClN4OS/c1-21(22-15-17-24(18-16-22)23-9-3-2-4-10-23)33-34-29(36)20-37-30-32-27-13-7-8-14-28(27)35(30)19-25-11-5-6-12-26(25)31/h2-18H,19-20H2,1H3,(H,34,36)/b33-21+. The van der Waals surface area contributed by atoms with Crippen molar-refractivity contribution in [2.24, 2.45) is 5.10 Å². The third-order valence-electron chi connectivity index (χ3n) is 6.00. The highest BCUT2D eigenvalue weighted by Gasteiger charge is 2.14. The summed E-state index contributed by atoms with van der Waals surface area (Å²) in [5.74, 6) is -0.00291. The largest absolute Gasteiger partial charge is 0.314 e. The number of hydrogen-bond acceptors (Lipinski definition) is 4. The molecule has 0 radical (unpaired) electrons. The van der Waals surface area contributed by atoms with Gasteiger partial charge in [-0.1, -0.05) is 108 Å². The fraction of sp³-hybridized carbons (Fsp3) is 0.100. The molecule has 0 bridgehead atoms. The molecule has 1 amide bonds. The molecule has 4 aromatic carbocycles. The Hall–Kier alpha value is -3.87. The molecular formula is C30H25ClN4OS. The number of carbonyl (C=O) groups excluding carboxylic acids is 1. The van der Waals surface area contributed by atoms with Crippen LogP contribution in [0.4, 0.5) is 0 Å². The Morgan fingerprint density at radius 2 is 1.57 bits per heavy atom. The molecule has 1 aromatic heterocycles. The lowest BCUT2D eigenvalue weighted by atomic mass is 10.0. The van der Waals surface area contributed by atoms with Gasteiger partial charge in [0.15, 0.2) is 5.16 Å². The van der Waals surface area contributed by atoms with Gasteiger partial charge in [0.25, 0.3) is 5.91 Å². The lowest BCUT2D eigenvalue weighted by Gasteiger charge is -2.10. The number of carbonyl (C=O) groups is 1. The van der Waals surface area contributed by atoms with E-state index < -0.39 is 0 Å². The molecule has 1 heterocycles. The molecule has 0 aliphatic rings. The maximum absolute atomic E-state index is 12.6. The minimum absolute atomic E-state index is 0.190. The number of para-hydroxylation sites is 2. The number of hydrazone groups is 1. The Morgan fingerprint density at radius 1 is 0.892 bits per heavy atom. The SMILES string of the molecule is C/C(=N\NC(=O)CSc1nc2ccccc2n1Cc1ccccc1Cl)c1ccc(-c2ccccc2)cc1. The highest BCUT2D eigenvalue weighted by molar-refractivity contribution is 7.99. The van der Waals surface area contributed by atoms with E-state index in [0.29, 0.717) is 11.6 Å². The average Bonchev–Trinajstić information content (AvgIpc) is 3.29. The van der Waals surface area contributed by atoms with E-state index in [0.717, 1.165) is 44.2 Å². The van der Waals surface area contributed by atoms with Gasteiger partial charge in [0, 0.05) is 5.02 Å². The van der Waals surface area contributed by atoms with Crippen molar-refractivity contribution in [2.75, 3.05) is 5.75 Å². The summed E-state index contributed by atoms with van der Waals surface area (Å²) in [6.45, 7) is 2.45. The van der Waals surface area contributed by atoms with Gasteiger partial charge >= 0.3 is 0 Å². The summed E-state index contributed by atoms with van der Waals surface area (Å²) in [7, 11) is 0. The van der Waals surface area contributed by atoms with Crippen LogP contribution in [0.25, 0.3) is 22.2 Å². The average molecular weight is 525 g/mol. The van der Waals surface area contributed by atoms with Gasteiger partial charge in [0.05, 0.1) is 29.0 Å². The first-order valence-electron chi connectivity index (χ1n) is 11.9. The number of hydrogen-bond donors (Lipinski definition) is 1. The molecule has 7 heteroatoms. The van der Waals surface area contributed by atoms with Crippen molar-refractivity contribution >= 4 is 46.0 Å². The molecule has 1 N–H and O–H groups in total. The van der Waals surface area contributed by atoms with Crippen LogP contribution in [0.1, 0.15) is 18.1 Å². The van der Waals surface area contributed by atoms with Crippen LogP contribution in [0.2, 0.25) is 5.02 Å². The second-order valence-electron chi connectivity index (χ2n) is 8.52. The molecule has 0 fully saturated rings. The number of benzene rings is 4. The van der Waals surface area contributed by atoms with Gasteiger partial charge in [-0.15, -0.1) is 0 Å². The number of nitrogens with one attached hydrogen (secondary N) is 1. The first-order valence-corrected chi connectivity index (χ1v) is 13.3. The molecule has 37 heavy (non-hydrogen) atoms. The topological polar surface area (TPSA) is 59.3 Å². The molecule has 184 valence electrons. The van der Waals surface area contributed by atoms with Gasteiger partial charge < -0.3 is 4.57 Å². The van der Waals surface area contributed by atoms with E-state index in [1.807, 2.05) is 85.8 Å². The Balaban J connectivity index is 1.25. The molecule has 0 atom stereocenters. The summed E-state index contributed by atoms with van der Waals surface area (Å²) in [6, 6.07) is 34.1. The van der Waals surface area contributed by atoms with E-state index in [1.165, 1.54) is 11.8 Å². The van der Waals surface area contributed by atoms with Crippen LogP contribution in [0.5, 0.6) is 0 Å². The van der Waals surface area contributed by atoms with Gasteiger partial charge in [-0.25, -0.2) is 10.4 Å². The van der Waals surface area contributed by atoms with Gasteiger partial charge in [0.1, 0.15) is 0 Å². The van der Waals surface area contributed by atoms with E-state index in [4.69, 9.17) is 16.6 Å². The zero-order valence-electron chi connectivity index (χ0n) is 20.3. The summed E-state index contributed by atoms with van der Waals surface area (Å²) in [6.07, 6.45) is 0. The van der Waals surface area contributed by atoms with E-state index in [1.54, 1.807) is 0 Å². The van der Waals surface area contributed by atoms with E-state index in [-0.39, 0.29) is 11.7 Å². The lowest BCUT2D eigenvalue weighted by Crippen LogP contribution is -2.21. The van der Waals surface area contributed by atoms with Crippen LogP contribution < -0.4 is 5.43 Å². The Bertz CT molecular complexity index is 1560. The number of halogens is 1. The third kappa shape index (κ3) is 5.93. The van der Waals surface area contributed by atoms with Gasteiger partial charge in [-0.05, 0) is 47.4 Å². The summed E-state index contributed by atoms with van der Waals surface area (Å²) in [5, 5.41) is 5.77. The summed E-state index contributed by atoms with van der Waals surface area (Å²) in [5.41, 5.74) is 9.55. The predicted octanol–water partition coefficient (Wildman–Crippen LogP) is 7.04. The highest BCUT2D eigenvalue weighted by Crippen LogP contribution is 2.27. The highest BCUT2D eigenvalue weighted by atomic mass is 35.5. The summed E-state index contributed by atoms with van der Waals surface area (Å²) in [4.78, 5) is 17.4. The Morgan fingerprint density at radius 3 is 2.35 bits per heavy atom. The van der Waals surface area contributed by atoms with Gasteiger partial charge in [-0.3, -0.25) is 4.79 Å². The molecule has 0 aliphatic heterocycles. The van der Waals surface area contributed by atoms with Crippen molar-refractivity contribution < 1.29 is 4.79 Å². The van der Waals surface area contributed by atoms with Crippen molar-refractivity contribution in [3.63, 3.8) is 0 Å². The van der Waals surface area contributed by atoms with Crippen LogP contribution in [-0.2, 0) is 11.3 Å². The summed E-state index contributed by atoms with van der Waals surface area (Å²) < 4.78 is 2.09. The molecule has 0 aliphatic carbocycles. The molecule has 5 rings (SSSR count). The number of aromatic nitrogens is 2. The number of fused-ring (bicyclic) bond motifs is 1. The van der Waals surface area contributed by atoms with Crippen LogP contribution in [0.15, 0.2) is 113 Å². The summed E-state index contributed by atoms with van der Waals surface area (Å²) >= 11 is 7.79. The molecule has 0 saturated carbocycles. The Labute approximate surface area is 225 Å². The molecular weight excluding hydrogens is 500 g/mol. The van der Waals surface area contributed by atoms with E-state index in [9.17, 15) is 4.79 Å². The monoisotopic (exact) mass is 524 g/mol. The van der Waals surface area contributed by atoms with Crippen LogP contribution in [0, 0.1) is 0 Å². The normalized spacial score (nSPS) is 11.6. The Kier molecular flexibility index (Phi) is 7.68. The second kappa shape index (κ2) is 11.5. The number of rotatable bonds is 8. The molecule has 5 nitrogen and oxygen atoms in total. The molecule has 5 aromatic rings. The lowest BCUT2D eigenvalue weighted by molar-refractivity contribution is -0.118. The fourth-order valence-electron chi connectivity index (χ4n) is 4.02. The number of imidazole rings is 1. The van der Waals surface area contributed by atoms with Crippen molar-refractivity contribution in [3.8, 4) is 11.1 Å². The van der Waals surface area contributed by atoms with E-state index >= 15 is 0 Å². The van der Waals surface area contributed by atoms with Crippen LogP contribution in [0.3, 0.4) is 0 Å². The molecule has 0 unspecified atom stereocenters. The fourth-order valence-corrected chi connectivity index (χ4v) is 5.02. The van der Waals surface area contributed by atoms with Gasteiger partial charge in [-0.2, -0.15) is 5.10 Å². The van der Waals surface area contributed by atoms with E-state index in [2.05, 4.69) is 39.4 Å². The zero-order valence-corrected chi connectivity index (χ0v) is 21.8. The minimum atomic E-state index is -0.193. The van der Waals surface area contributed by atoms with Crippen molar-refractivity contribution in [1.82, 2.24) is 15.0 Å². The maximum atomic E-state index is 12.6. The smallest absolute Gasteiger partial charge is 0.250 e. The van der Waals surface area contributed by atoms with Crippen LogP contribution >= 0.6 is 23.4 Å². The number of amides is 1. The third-order valence-corrected chi connectivity index (χ3v) is 7.34. The maximum Gasteiger partial charge on any atom is 0.250 e.